The van der Waals surface area contributed by atoms with Gasteiger partial charge in [0.2, 0.25) is 0 Å². The van der Waals surface area contributed by atoms with Crippen molar-refractivity contribution in [1.29, 1.82) is 0 Å². The molecule has 0 saturated carbocycles. The second-order valence-corrected chi connectivity index (χ2v) is 6.34. The number of hydrogen-bond acceptors (Lipinski definition) is 3. The minimum atomic E-state index is -1.33. The molecule has 2 rings (SSSR count). The van der Waals surface area contributed by atoms with E-state index in [4.69, 9.17) is 0 Å². The first-order chi connectivity index (χ1) is 9.36. The van der Waals surface area contributed by atoms with Gasteiger partial charge in [-0.1, -0.05) is 12.1 Å². The van der Waals surface area contributed by atoms with E-state index in [-0.39, 0.29) is 5.56 Å². The van der Waals surface area contributed by atoms with Crippen LogP contribution in [0.2, 0.25) is 0 Å². The Morgan fingerprint density at radius 2 is 2.00 bits per heavy atom. The quantitative estimate of drug-likeness (QED) is 0.813. The van der Waals surface area contributed by atoms with Crippen LogP contribution in [0.3, 0.4) is 0 Å². The Morgan fingerprint density at radius 3 is 2.55 bits per heavy atom. The van der Waals surface area contributed by atoms with Crippen LogP contribution in [0.4, 0.5) is 4.39 Å². The van der Waals surface area contributed by atoms with Gasteiger partial charge in [-0.3, -0.25) is 8.89 Å². The first-order valence-electron chi connectivity index (χ1n) is 6.01. The van der Waals surface area contributed by atoms with E-state index in [0.29, 0.717) is 10.6 Å². The van der Waals surface area contributed by atoms with Gasteiger partial charge in [-0.15, -0.1) is 0 Å². The van der Waals surface area contributed by atoms with Crippen molar-refractivity contribution >= 4 is 17.1 Å². The molecule has 1 unspecified atom stereocenters. The zero-order chi connectivity index (χ0) is 14.9. The lowest BCUT2D eigenvalue weighted by molar-refractivity contribution is -0.114. The van der Waals surface area contributed by atoms with Gasteiger partial charge in [0.1, 0.15) is 23.3 Å². The number of hydrogen-bond donors (Lipinski definition) is 0. The van der Waals surface area contributed by atoms with E-state index in [2.05, 4.69) is 5.10 Å². The summed E-state index contributed by atoms with van der Waals surface area (Å²) >= 11 is 0. The third kappa shape index (κ3) is 2.56. The van der Waals surface area contributed by atoms with Crippen LogP contribution in [0, 0.1) is 5.82 Å². The third-order valence-corrected chi connectivity index (χ3v) is 3.92. The lowest BCUT2D eigenvalue weighted by atomic mass is 10.1. The summed E-state index contributed by atoms with van der Waals surface area (Å²) < 4.78 is 27.1. The molecule has 0 aliphatic heterocycles. The molecule has 0 bridgehead atoms. The minimum absolute atomic E-state index is 0.276. The molecule has 106 valence electrons. The fourth-order valence-corrected chi connectivity index (χ4v) is 2.43. The predicted octanol–water partition coefficient (Wildman–Crippen LogP) is 2.36. The molecule has 1 aromatic carbocycles. The molecule has 0 N–H and O–H groups in total. The van der Waals surface area contributed by atoms with Crippen molar-refractivity contribution in [2.45, 2.75) is 24.3 Å². The molecule has 0 amide bonds. The van der Waals surface area contributed by atoms with Crippen LogP contribution in [0.1, 0.15) is 13.8 Å². The van der Waals surface area contributed by atoms with E-state index >= 15 is 0 Å². The van der Waals surface area contributed by atoms with Crippen molar-refractivity contribution in [1.82, 2.24) is 9.78 Å². The van der Waals surface area contributed by atoms with Gasteiger partial charge in [0.05, 0.1) is 15.7 Å². The highest BCUT2D eigenvalue weighted by molar-refractivity contribution is 7.84. The molecule has 1 aromatic heterocycles. The molecule has 1 heterocycles. The summed E-state index contributed by atoms with van der Waals surface area (Å²) in [6.45, 7) is 3.36. The highest BCUT2D eigenvalue weighted by Gasteiger charge is 2.25. The average Bonchev–Trinajstić information content (AvgIpc) is 2.85. The third-order valence-electron chi connectivity index (χ3n) is 3.00. The van der Waals surface area contributed by atoms with Crippen molar-refractivity contribution in [3.8, 4) is 11.3 Å². The van der Waals surface area contributed by atoms with E-state index in [1.165, 1.54) is 23.2 Å². The highest BCUT2D eigenvalue weighted by atomic mass is 32.2. The average molecular weight is 294 g/mol. The Balaban J connectivity index is 2.67. The number of benzene rings is 1. The number of nitrogens with zero attached hydrogens (tertiary/aromatic N) is 2. The topological polar surface area (TPSA) is 52.0 Å². The van der Waals surface area contributed by atoms with Crippen LogP contribution in [0.25, 0.3) is 11.3 Å². The van der Waals surface area contributed by atoms with Crippen molar-refractivity contribution < 1.29 is 13.4 Å². The van der Waals surface area contributed by atoms with Gasteiger partial charge in [-0.05, 0) is 26.0 Å². The molecule has 20 heavy (non-hydrogen) atoms. The number of aldehydes is 1. The van der Waals surface area contributed by atoms with Crippen LogP contribution < -0.4 is 0 Å². The van der Waals surface area contributed by atoms with E-state index < -0.39 is 22.2 Å². The molecule has 1 atom stereocenters. The largest absolute Gasteiger partial charge is 0.301 e. The first kappa shape index (κ1) is 14.6. The molecule has 0 fully saturated rings. The van der Waals surface area contributed by atoms with E-state index in [9.17, 15) is 13.4 Å². The van der Waals surface area contributed by atoms with Crippen molar-refractivity contribution in [2.75, 3.05) is 6.26 Å². The fraction of sp³-hybridized carbons (Fsp3) is 0.286. The van der Waals surface area contributed by atoms with Gasteiger partial charge in [0.25, 0.3) is 0 Å². The number of carbonyl (C=O) groups is 1. The Labute approximate surface area is 119 Å². The zero-order valence-corrected chi connectivity index (χ0v) is 12.3. The Morgan fingerprint density at radius 1 is 1.35 bits per heavy atom. The molecule has 0 radical (unpaired) electrons. The predicted molar refractivity (Wildman–Crippen MR) is 75.3 cm³/mol. The van der Waals surface area contributed by atoms with Gasteiger partial charge in [-0.25, -0.2) is 4.39 Å². The van der Waals surface area contributed by atoms with E-state index in [1.54, 1.807) is 32.0 Å². The molecule has 4 nitrogen and oxygen atoms in total. The molecule has 0 saturated heterocycles. The van der Waals surface area contributed by atoms with Crippen molar-refractivity contribution in [3.05, 3.63) is 36.3 Å². The molecular formula is C14H15FN2O2S. The summed E-state index contributed by atoms with van der Waals surface area (Å²) in [7, 11) is -1.33. The summed E-state index contributed by atoms with van der Waals surface area (Å²) in [6.07, 6.45) is 3.78. The van der Waals surface area contributed by atoms with Gasteiger partial charge >= 0.3 is 0 Å². The van der Waals surface area contributed by atoms with Crippen LogP contribution in [0.15, 0.2) is 35.4 Å². The normalized spacial score (nSPS) is 13.2. The Hall–Kier alpha value is -1.82. The zero-order valence-electron chi connectivity index (χ0n) is 11.5. The van der Waals surface area contributed by atoms with Gasteiger partial charge in [0, 0.05) is 18.0 Å². The Kier molecular flexibility index (Phi) is 3.85. The lowest BCUT2D eigenvalue weighted by Crippen LogP contribution is -2.28. The summed E-state index contributed by atoms with van der Waals surface area (Å²) in [5.74, 6) is -0.437. The lowest BCUT2D eigenvalue weighted by Gasteiger charge is -2.17. The SMILES string of the molecule is CS(=O)c1cn(C(C)(C)C=O)nc1-c1ccccc1F. The van der Waals surface area contributed by atoms with Gasteiger partial charge in [0.15, 0.2) is 0 Å². The van der Waals surface area contributed by atoms with Gasteiger partial charge in [-0.2, -0.15) is 5.10 Å². The number of rotatable bonds is 4. The second-order valence-electron chi connectivity index (χ2n) is 4.99. The number of aromatic nitrogens is 2. The second kappa shape index (κ2) is 5.28. The monoisotopic (exact) mass is 294 g/mol. The van der Waals surface area contributed by atoms with Crippen LogP contribution >= 0.6 is 0 Å². The summed E-state index contributed by atoms with van der Waals surface area (Å²) in [5, 5.41) is 4.26. The maximum Gasteiger partial charge on any atom is 0.147 e. The molecule has 2 aromatic rings. The molecule has 0 aliphatic carbocycles. The van der Waals surface area contributed by atoms with Crippen molar-refractivity contribution in [2.24, 2.45) is 0 Å². The summed E-state index contributed by atoms with van der Waals surface area (Å²) in [4.78, 5) is 11.5. The number of halogens is 1. The summed E-state index contributed by atoms with van der Waals surface area (Å²) in [6, 6.07) is 6.16. The minimum Gasteiger partial charge on any atom is -0.301 e. The van der Waals surface area contributed by atoms with Crippen LogP contribution in [-0.2, 0) is 21.1 Å². The van der Waals surface area contributed by atoms with E-state index in [1.807, 2.05) is 0 Å². The van der Waals surface area contributed by atoms with Crippen molar-refractivity contribution in [3.63, 3.8) is 0 Å². The fourth-order valence-electron chi connectivity index (χ4n) is 1.76. The van der Waals surface area contributed by atoms with Crippen LogP contribution in [-0.4, -0.2) is 26.5 Å². The first-order valence-corrected chi connectivity index (χ1v) is 7.57. The maximum absolute atomic E-state index is 13.9. The highest BCUT2D eigenvalue weighted by Crippen LogP contribution is 2.28. The molecular weight excluding hydrogens is 279 g/mol. The molecule has 0 spiro atoms. The summed E-state index contributed by atoms with van der Waals surface area (Å²) in [5.41, 5.74) is -0.297. The Bertz CT molecular complexity index is 680. The molecule has 0 aliphatic rings. The van der Waals surface area contributed by atoms with E-state index in [0.717, 1.165) is 6.29 Å². The molecule has 6 heteroatoms. The maximum atomic E-state index is 13.9. The number of carbonyl (C=O) groups excluding carboxylic acids is 1. The standard InChI is InChI=1S/C14H15FN2O2S/c1-14(2,9-18)17-8-12(20(3)19)13(16-17)10-6-4-5-7-11(10)15/h4-9H,1-3H3. The van der Waals surface area contributed by atoms with Crippen LogP contribution in [0.5, 0.6) is 0 Å². The smallest absolute Gasteiger partial charge is 0.147 e. The van der Waals surface area contributed by atoms with Gasteiger partial charge < -0.3 is 4.79 Å².